The molecule has 11 heteroatoms. The van der Waals surface area contributed by atoms with Gasteiger partial charge in [-0.05, 0) is 29.8 Å². The number of ether oxygens (including phenoxy) is 1. The minimum absolute atomic E-state index is 0.0529. The third kappa shape index (κ3) is 4.93. The van der Waals surface area contributed by atoms with Crippen LogP contribution in [0, 0.1) is 0 Å². The van der Waals surface area contributed by atoms with E-state index in [1.807, 2.05) is 0 Å². The number of hydrogen-bond donors (Lipinski definition) is 3. The van der Waals surface area contributed by atoms with Crippen LogP contribution >= 0.6 is 0 Å². The Balaban J connectivity index is 2.57. The lowest BCUT2D eigenvalue weighted by Gasteiger charge is -2.20. The first kappa shape index (κ1) is 24.1. The Morgan fingerprint density at radius 1 is 0.967 bits per heavy atom. The lowest BCUT2D eigenvalue weighted by atomic mass is 10.2. The molecule has 0 radical (unpaired) electrons. The fourth-order valence-corrected chi connectivity index (χ4v) is 5.69. The van der Waals surface area contributed by atoms with Gasteiger partial charge < -0.3 is 14.9 Å². The second-order valence-electron chi connectivity index (χ2n) is 6.32. The summed E-state index contributed by atoms with van der Waals surface area (Å²) in [6, 6.07) is 8.05. The first-order valence-electron chi connectivity index (χ1n) is 9.19. The molecule has 166 valence electrons. The SMILES string of the molecule is CCN(CC)S(=O)(=O)c1ccc(CO)c(NS(=O)(=O)c2cc(CO)ccc2OC)c1. The summed E-state index contributed by atoms with van der Waals surface area (Å²) in [7, 11) is -6.74. The Morgan fingerprint density at radius 2 is 1.63 bits per heavy atom. The number of benzene rings is 2. The van der Waals surface area contributed by atoms with Crippen LogP contribution in [0.2, 0.25) is 0 Å². The minimum atomic E-state index is -4.22. The van der Waals surface area contributed by atoms with Crippen molar-refractivity contribution in [2.75, 3.05) is 24.9 Å². The Hall–Kier alpha value is -2.18. The molecule has 0 fully saturated rings. The number of anilines is 1. The Bertz CT molecular complexity index is 1100. The van der Waals surface area contributed by atoms with Gasteiger partial charge >= 0.3 is 0 Å². The maximum Gasteiger partial charge on any atom is 0.265 e. The zero-order chi connectivity index (χ0) is 22.5. The van der Waals surface area contributed by atoms with Gasteiger partial charge in [0.2, 0.25) is 10.0 Å². The predicted molar refractivity (Wildman–Crippen MR) is 112 cm³/mol. The zero-order valence-electron chi connectivity index (χ0n) is 17.0. The highest BCUT2D eigenvalue weighted by atomic mass is 32.2. The smallest absolute Gasteiger partial charge is 0.265 e. The van der Waals surface area contributed by atoms with Crippen molar-refractivity contribution in [1.82, 2.24) is 4.31 Å². The second-order valence-corrected chi connectivity index (χ2v) is 9.90. The second kappa shape index (κ2) is 9.75. The fraction of sp³-hybridized carbons (Fsp3) is 0.368. The number of rotatable bonds is 10. The molecule has 30 heavy (non-hydrogen) atoms. The minimum Gasteiger partial charge on any atom is -0.495 e. The van der Waals surface area contributed by atoms with E-state index in [9.17, 15) is 27.0 Å². The van der Waals surface area contributed by atoms with E-state index < -0.39 is 26.7 Å². The molecule has 3 N–H and O–H groups in total. The molecule has 0 aliphatic rings. The van der Waals surface area contributed by atoms with Crippen LogP contribution < -0.4 is 9.46 Å². The van der Waals surface area contributed by atoms with Crippen molar-refractivity contribution in [2.24, 2.45) is 0 Å². The summed E-state index contributed by atoms with van der Waals surface area (Å²) in [5, 5.41) is 18.9. The van der Waals surface area contributed by atoms with Gasteiger partial charge in [0.05, 0.1) is 30.9 Å². The molecule has 0 saturated heterocycles. The molecule has 0 bridgehead atoms. The molecule has 0 amide bonds. The van der Waals surface area contributed by atoms with Crippen molar-refractivity contribution in [2.45, 2.75) is 36.9 Å². The van der Waals surface area contributed by atoms with E-state index in [2.05, 4.69) is 4.72 Å². The first-order chi connectivity index (χ1) is 14.1. The van der Waals surface area contributed by atoms with E-state index >= 15 is 0 Å². The third-order valence-corrected chi connectivity index (χ3v) is 7.97. The van der Waals surface area contributed by atoms with E-state index in [1.165, 1.54) is 47.8 Å². The zero-order valence-corrected chi connectivity index (χ0v) is 18.6. The van der Waals surface area contributed by atoms with E-state index in [0.29, 0.717) is 5.56 Å². The van der Waals surface area contributed by atoms with Gasteiger partial charge in [-0.2, -0.15) is 4.31 Å². The van der Waals surface area contributed by atoms with Crippen LogP contribution in [0.15, 0.2) is 46.2 Å². The van der Waals surface area contributed by atoms with Crippen molar-refractivity contribution in [3.63, 3.8) is 0 Å². The quantitative estimate of drug-likeness (QED) is 0.491. The van der Waals surface area contributed by atoms with Gasteiger partial charge in [-0.1, -0.05) is 26.0 Å². The highest BCUT2D eigenvalue weighted by Gasteiger charge is 2.25. The summed E-state index contributed by atoms with van der Waals surface area (Å²) in [5.74, 6) is 0.0529. The van der Waals surface area contributed by atoms with Gasteiger partial charge in [-0.3, -0.25) is 4.72 Å². The van der Waals surface area contributed by atoms with Gasteiger partial charge in [-0.25, -0.2) is 16.8 Å². The van der Waals surface area contributed by atoms with Crippen LogP contribution in [0.4, 0.5) is 5.69 Å². The maximum absolute atomic E-state index is 13.0. The van der Waals surface area contributed by atoms with E-state index in [-0.39, 0.29) is 46.5 Å². The Morgan fingerprint density at radius 3 is 2.17 bits per heavy atom. The molecule has 0 unspecified atom stereocenters. The van der Waals surface area contributed by atoms with Crippen molar-refractivity contribution >= 4 is 25.7 Å². The molecule has 0 heterocycles. The number of aliphatic hydroxyl groups is 2. The van der Waals surface area contributed by atoms with Gasteiger partial charge in [0.15, 0.2) is 0 Å². The fourth-order valence-electron chi connectivity index (χ4n) is 2.89. The number of nitrogens with zero attached hydrogens (tertiary/aromatic N) is 1. The monoisotopic (exact) mass is 458 g/mol. The van der Waals surface area contributed by atoms with Crippen LogP contribution in [0.5, 0.6) is 5.75 Å². The molecular formula is C19H26N2O7S2. The van der Waals surface area contributed by atoms with Crippen LogP contribution in [-0.4, -0.2) is 51.6 Å². The van der Waals surface area contributed by atoms with Crippen LogP contribution in [0.25, 0.3) is 0 Å². The summed E-state index contributed by atoms with van der Waals surface area (Å²) in [4.78, 5) is -0.324. The average molecular weight is 459 g/mol. The van der Waals surface area contributed by atoms with Crippen LogP contribution in [0.1, 0.15) is 25.0 Å². The topological polar surface area (TPSA) is 133 Å². The molecule has 0 saturated carbocycles. The summed E-state index contributed by atoms with van der Waals surface area (Å²) in [6.45, 7) is 3.04. The van der Waals surface area contributed by atoms with E-state index in [0.717, 1.165) is 0 Å². The molecular weight excluding hydrogens is 432 g/mol. The summed E-state index contributed by atoms with van der Waals surface area (Å²) in [6.07, 6.45) is 0. The summed E-state index contributed by atoms with van der Waals surface area (Å²) >= 11 is 0. The molecule has 0 spiro atoms. The Labute approximate surface area is 177 Å². The summed E-state index contributed by atoms with van der Waals surface area (Å²) < 4.78 is 60.3. The molecule has 0 aliphatic carbocycles. The van der Waals surface area contributed by atoms with Crippen molar-refractivity contribution in [3.05, 3.63) is 47.5 Å². The third-order valence-electron chi connectivity index (χ3n) is 4.54. The molecule has 2 rings (SSSR count). The average Bonchev–Trinajstić information content (AvgIpc) is 2.73. The Kier molecular flexibility index (Phi) is 7.83. The molecule has 2 aromatic rings. The molecule has 2 aromatic carbocycles. The number of aliphatic hydroxyl groups excluding tert-OH is 2. The van der Waals surface area contributed by atoms with Crippen molar-refractivity contribution in [3.8, 4) is 5.75 Å². The summed E-state index contributed by atoms with van der Waals surface area (Å²) in [5.41, 5.74) is 0.493. The lowest BCUT2D eigenvalue weighted by molar-refractivity contribution is 0.281. The molecule has 0 aliphatic heterocycles. The number of sulfonamides is 2. The van der Waals surface area contributed by atoms with Gasteiger partial charge in [-0.15, -0.1) is 0 Å². The molecule has 0 atom stereocenters. The maximum atomic E-state index is 13.0. The number of hydrogen-bond acceptors (Lipinski definition) is 7. The van der Waals surface area contributed by atoms with E-state index in [4.69, 9.17) is 4.74 Å². The van der Waals surface area contributed by atoms with E-state index in [1.54, 1.807) is 13.8 Å². The molecule has 0 aromatic heterocycles. The highest BCUT2D eigenvalue weighted by Crippen LogP contribution is 2.30. The van der Waals surface area contributed by atoms with Gasteiger partial charge in [0.1, 0.15) is 10.6 Å². The van der Waals surface area contributed by atoms with Crippen LogP contribution in [-0.2, 0) is 33.3 Å². The highest BCUT2D eigenvalue weighted by molar-refractivity contribution is 7.92. The predicted octanol–water partition coefficient (Wildman–Crippen LogP) is 1.51. The first-order valence-corrected chi connectivity index (χ1v) is 12.1. The number of methoxy groups -OCH3 is 1. The number of nitrogens with one attached hydrogen (secondary N) is 1. The van der Waals surface area contributed by atoms with Crippen molar-refractivity contribution in [1.29, 1.82) is 0 Å². The largest absolute Gasteiger partial charge is 0.495 e. The normalized spacial score (nSPS) is 12.2. The lowest BCUT2D eigenvalue weighted by Crippen LogP contribution is -2.30. The van der Waals surface area contributed by atoms with Crippen molar-refractivity contribution < 1.29 is 31.8 Å². The van der Waals surface area contributed by atoms with Gasteiger partial charge in [0.25, 0.3) is 10.0 Å². The molecule has 9 nitrogen and oxygen atoms in total. The standard InChI is InChI=1S/C19H26N2O7S2/c1-4-21(5-2)30(26,27)16-8-7-15(13-23)17(11-16)20-29(24,25)19-10-14(12-22)6-9-18(19)28-3/h6-11,20,22-23H,4-5,12-13H2,1-3H3. The van der Waals surface area contributed by atoms with Gasteiger partial charge in [0, 0.05) is 18.7 Å². The van der Waals surface area contributed by atoms with Crippen LogP contribution in [0.3, 0.4) is 0 Å².